The predicted octanol–water partition coefficient (Wildman–Crippen LogP) is 3.44. The van der Waals surface area contributed by atoms with Crippen LogP contribution in [0, 0.1) is 5.92 Å². The average molecular weight is 338 g/mol. The normalized spacial score (nSPS) is 19.5. The summed E-state index contributed by atoms with van der Waals surface area (Å²) in [5, 5.41) is 2.33. The van der Waals surface area contributed by atoms with Crippen LogP contribution in [0.4, 0.5) is 18.9 Å². The molecule has 0 aliphatic carbocycles. The quantitative estimate of drug-likeness (QED) is 0.897. The molecule has 0 radical (unpaired) electrons. The van der Waals surface area contributed by atoms with Crippen molar-refractivity contribution in [3.8, 4) is 0 Å². The van der Waals surface area contributed by atoms with Crippen LogP contribution in [-0.4, -0.2) is 19.1 Å². The number of hydrogen-bond acceptors (Lipinski definition) is 2. The van der Waals surface area contributed by atoms with Crippen molar-refractivity contribution in [2.45, 2.75) is 12.6 Å². The fourth-order valence-electron chi connectivity index (χ4n) is 1.84. The molecule has 3 nitrogen and oxygen atoms in total. The Morgan fingerprint density at radius 1 is 1.42 bits per heavy atom. The Kier molecular flexibility index (Phi) is 4.15. The second kappa shape index (κ2) is 5.50. The summed E-state index contributed by atoms with van der Waals surface area (Å²) in [6, 6.07) is 3.64. The summed E-state index contributed by atoms with van der Waals surface area (Å²) >= 11 is 2.99. The van der Waals surface area contributed by atoms with Gasteiger partial charge in [0.15, 0.2) is 0 Å². The number of hydrogen-bond donors (Lipinski definition) is 1. The van der Waals surface area contributed by atoms with Crippen LogP contribution < -0.4 is 5.32 Å². The molecule has 0 spiro atoms. The summed E-state index contributed by atoms with van der Waals surface area (Å²) in [6.07, 6.45) is -3.98. The molecule has 0 saturated carbocycles. The van der Waals surface area contributed by atoms with Crippen molar-refractivity contribution in [1.82, 2.24) is 0 Å². The molecular weight excluding hydrogens is 327 g/mol. The summed E-state index contributed by atoms with van der Waals surface area (Å²) in [4.78, 5) is 11.8. The third kappa shape index (κ3) is 3.48. The Hall–Kier alpha value is -1.08. The Morgan fingerprint density at radius 2 is 2.16 bits per heavy atom. The summed E-state index contributed by atoms with van der Waals surface area (Å²) in [5.41, 5.74) is -1.10. The van der Waals surface area contributed by atoms with Crippen LogP contribution >= 0.6 is 15.9 Å². The van der Waals surface area contributed by atoms with Crippen molar-refractivity contribution in [1.29, 1.82) is 0 Å². The van der Waals surface area contributed by atoms with Gasteiger partial charge in [-0.3, -0.25) is 4.79 Å². The molecule has 1 N–H and O–H groups in total. The molecule has 1 heterocycles. The fourth-order valence-corrected chi connectivity index (χ4v) is 2.20. The monoisotopic (exact) mass is 337 g/mol. The molecule has 1 atom stereocenters. The number of anilines is 1. The van der Waals surface area contributed by atoms with Crippen LogP contribution in [0.15, 0.2) is 22.7 Å². The molecule has 7 heteroatoms. The highest BCUT2D eigenvalue weighted by molar-refractivity contribution is 9.10. The predicted molar refractivity (Wildman–Crippen MR) is 66.7 cm³/mol. The fraction of sp³-hybridized carbons (Fsp3) is 0.417. The zero-order chi connectivity index (χ0) is 14.0. The molecule has 19 heavy (non-hydrogen) atoms. The van der Waals surface area contributed by atoms with E-state index in [0.29, 0.717) is 17.5 Å². The lowest BCUT2D eigenvalue weighted by Crippen LogP contribution is -2.24. The van der Waals surface area contributed by atoms with Gasteiger partial charge in [-0.15, -0.1) is 0 Å². The van der Waals surface area contributed by atoms with Gasteiger partial charge in [0.25, 0.3) is 0 Å². The van der Waals surface area contributed by atoms with E-state index in [1.165, 1.54) is 12.1 Å². The topological polar surface area (TPSA) is 38.3 Å². The molecule has 0 bridgehead atoms. The van der Waals surface area contributed by atoms with E-state index in [9.17, 15) is 18.0 Å². The highest BCUT2D eigenvalue weighted by Crippen LogP contribution is 2.36. The second-order valence-electron chi connectivity index (χ2n) is 4.24. The van der Waals surface area contributed by atoms with Gasteiger partial charge in [-0.2, -0.15) is 13.2 Å². The number of ether oxygens (including phenoxy) is 1. The van der Waals surface area contributed by atoms with Crippen LogP contribution in [0.5, 0.6) is 0 Å². The minimum atomic E-state index is -4.52. The number of halogens is 4. The van der Waals surface area contributed by atoms with Crippen LogP contribution in [0.25, 0.3) is 0 Å². The number of benzene rings is 1. The van der Waals surface area contributed by atoms with Crippen molar-refractivity contribution in [2.24, 2.45) is 5.92 Å². The van der Waals surface area contributed by atoms with Gasteiger partial charge in [-0.25, -0.2) is 0 Å². The van der Waals surface area contributed by atoms with E-state index in [-0.39, 0.29) is 18.2 Å². The van der Waals surface area contributed by atoms with Crippen molar-refractivity contribution in [3.05, 3.63) is 28.2 Å². The lowest BCUT2D eigenvalue weighted by atomic mass is 10.1. The number of alkyl halides is 3. The van der Waals surface area contributed by atoms with Crippen molar-refractivity contribution >= 4 is 27.5 Å². The van der Waals surface area contributed by atoms with E-state index >= 15 is 0 Å². The van der Waals surface area contributed by atoms with Gasteiger partial charge >= 0.3 is 6.18 Å². The summed E-state index contributed by atoms with van der Waals surface area (Å²) in [7, 11) is 0. The van der Waals surface area contributed by atoms with Crippen molar-refractivity contribution < 1.29 is 22.7 Å². The van der Waals surface area contributed by atoms with E-state index in [2.05, 4.69) is 21.2 Å². The van der Waals surface area contributed by atoms with Crippen LogP contribution in [-0.2, 0) is 15.7 Å². The van der Waals surface area contributed by atoms with Crippen LogP contribution in [0.2, 0.25) is 0 Å². The third-order valence-corrected chi connectivity index (χ3v) is 3.34. The smallest absolute Gasteiger partial charge is 0.381 e. The average Bonchev–Trinajstić information content (AvgIpc) is 2.83. The molecule has 0 unspecified atom stereocenters. The molecule has 1 aliphatic rings. The first-order valence-electron chi connectivity index (χ1n) is 5.63. The van der Waals surface area contributed by atoms with Crippen LogP contribution in [0.1, 0.15) is 12.0 Å². The van der Waals surface area contributed by atoms with E-state index < -0.39 is 17.6 Å². The number of amides is 1. The Morgan fingerprint density at radius 3 is 2.74 bits per heavy atom. The maximum absolute atomic E-state index is 12.9. The van der Waals surface area contributed by atoms with Gasteiger partial charge in [0, 0.05) is 11.1 Å². The molecule has 1 saturated heterocycles. The van der Waals surface area contributed by atoms with Gasteiger partial charge in [0.1, 0.15) is 0 Å². The molecule has 104 valence electrons. The van der Waals surface area contributed by atoms with E-state index in [1.54, 1.807) is 0 Å². The first-order valence-corrected chi connectivity index (χ1v) is 6.42. The first-order chi connectivity index (χ1) is 8.88. The number of rotatable bonds is 2. The van der Waals surface area contributed by atoms with Gasteiger partial charge in [-0.05, 0) is 24.6 Å². The largest absolute Gasteiger partial charge is 0.418 e. The first kappa shape index (κ1) is 14.3. The number of carbonyl (C=O) groups is 1. The van der Waals surface area contributed by atoms with Gasteiger partial charge in [0.2, 0.25) is 5.91 Å². The molecule has 1 aromatic carbocycles. The lowest BCUT2D eigenvalue weighted by molar-refractivity contribution is -0.137. The molecule has 2 rings (SSSR count). The molecule has 1 amide bonds. The number of nitrogens with one attached hydrogen (secondary N) is 1. The standard InChI is InChI=1S/C12H11BrF3NO2/c13-8-1-2-10(9(5-8)12(14,15)16)17-11(18)7-3-4-19-6-7/h1-2,5,7H,3-4,6H2,(H,17,18)/t7-/m0/s1. The van der Waals surface area contributed by atoms with Gasteiger partial charge in [-0.1, -0.05) is 15.9 Å². The van der Waals surface area contributed by atoms with Crippen LogP contribution in [0.3, 0.4) is 0 Å². The van der Waals surface area contributed by atoms with Gasteiger partial charge < -0.3 is 10.1 Å². The van der Waals surface area contributed by atoms with E-state index in [1.807, 2.05) is 0 Å². The Labute approximate surface area is 116 Å². The summed E-state index contributed by atoms with van der Waals surface area (Å²) in [5.74, 6) is -0.824. The van der Waals surface area contributed by atoms with Crippen molar-refractivity contribution in [2.75, 3.05) is 18.5 Å². The highest BCUT2D eigenvalue weighted by atomic mass is 79.9. The molecule has 1 fully saturated rings. The van der Waals surface area contributed by atoms with Gasteiger partial charge in [0.05, 0.1) is 23.8 Å². The molecule has 0 aromatic heterocycles. The highest BCUT2D eigenvalue weighted by Gasteiger charge is 2.35. The Bertz CT molecular complexity index is 484. The summed E-state index contributed by atoms with van der Waals surface area (Å²) in [6.45, 7) is 0.717. The Balaban J connectivity index is 2.22. The third-order valence-electron chi connectivity index (χ3n) is 2.85. The second-order valence-corrected chi connectivity index (χ2v) is 5.15. The van der Waals surface area contributed by atoms with Crippen molar-refractivity contribution in [3.63, 3.8) is 0 Å². The minimum Gasteiger partial charge on any atom is -0.381 e. The molecule has 1 aromatic rings. The molecular formula is C12H11BrF3NO2. The maximum atomic E-state index is 12.9. The van der Waals surface area contributed by atoms with E-state index in [0.717, 1.165) is 6.07 Å². The zero-order valence-electron chi connectivity index (χ0n) is 9.76. The lowest BCUT2D eigenvalue weighted by Gasteiger charge is -2.15. The summed E-state index contributed by atoms with van der Waals surface area (Å²) < 4.78 is 43.9. The zero-order valence-corrected chi connectivity index (χ0v) is 11.3. The maximum Gasteiger partial charge on any atom is 0.418 e. The molecule has 1 aliphatic heterocycles. The minimum absolute atomic E-state index is 0.229. The van der Waals surface area contributed by atoms with E-state index in [4.69, 9.17) is 4.74 Å². The SMILES string of the molecule is O=C(Nc1ccc(Br)cc1C(F)(F)F)[C@H]1CCOC1. The number of carbonyl (C=O) groups excluding carboxylic acids is 1.